The van der Waals surface area contributed by atoms with Crippen LogP contribution in [0, 0.1) is 0 Å². The van der Waals surface area contributed by atoms with Gasteiger partial charge in [-0.15, -0.1) is 0 Å². The van der Waals surface area contributed by atoms with Crippen LogP contribution in [-0.4, -0.2) is 55.1 Å². The Labute approximate surface area is 202 Å². The van der Waals surface area contributed by atoms with Gasteiger partial charge in [0.25, 0.3) is 5.91 Å². The summed E-state index contributed by atoms with van der Waals surface area (Å²) >= 11 is 0. The van der Waals surface area contributed by atoms with Crippen LogP contribution in [0.4, 0.5) is 10.6 Å². The SMILES string of the molecule is CC(C)(C)OC(=O)N1CCCC1c1nc(-c2ccc(C(=O)Nc3ccccn3)cc2)c(C(=O)O)[nH]1. The number of hydrogen-bond acceptors (Lipinski definition) is 6. The van der Waals surface area contributed by atoms with E-state index in [4.69, 9.17) is 4.74 Å². The number of amides is 2. The van der Waals surface area contributed by atoms with Gasteiger partial charge in [0, 0.05) is 23.9 Å². The van der Waals surface area contributed by atoms with E-state index in [1.165, 1.54) is 0 Å². The molecule has 4 rings (SSSR count). The maximum Gasteiger partial charge on any atom is 0.410 e. The van der Waals surface area contributed by atoms with Gasteiger partial charge in [-0.25, -0.2) is 19.6 Å². The van der Waals surface area contributed by atoms with Gasteiger partial charge in [0.05, 0.1) is 6.04 Å². The number of H-pyrrole nitrogens is 1. The van der Waals surface area contributed by atoms with E-state index in [0.29, 0.717) is 35.7 Å². The molecule has 35 heavy (non-hydrogen) atoms. The van der Waals surface area contributed by atoms with E-state index < -0.39 is 23.7 Å². The number of hydrogen-bond donors (Lipinski definition) is 3. The van der Waals surface area contributed by atoms with Gasteiger partial charge in [-0.3, -0.25) is 9.69 Å². The van der Waals surface area contributed by atoms with Gasteiger partial charge in [-0.05, 0) is 57.9 Å². The lowest BCUT2D eigenvalue weighted by Crippen LogP contribution is -2.36. The topological polar surface area (TPSA) is 138 Å². The number of aromatic carboxylic acids is 1. The van der Waals surface area contributed by atoms with Crippen molar-refractivity contribution in [2.75, 3.05) is 11.9 Å². The first kappa shape index (κ1) is 23.9. The fourth-order valence-corrected chi connectivity index (χ4v) is 3.91. The predicted molar refractivity (Wildman–Crippen MR) is 128 cm³/mol. The molecule has 1 aromatic carbocycles. The first-order valence-electron chi connectivity index (χ1n) is 11.3. The van der Waals surface area contributed by atoms with E-state index in [1.54, 1.807) is 74.3 Å². The zero-order valence-corrected chi connectivity index (χ0v) is 19.7. The molecule has 0 radical (unpaired) electrons. The van der Waals surface area contributed by atoms with Crippen LogP contribution in [-0.2, 0) is 4.74 Å². The average Bonchev–Trinajstić information content (AvgIpc) is 3.46. The second-order valence-electron chi connectivity index (χ2n) is 9.23. The van der Waals surface area contributed by atoms with E-state index in [-0.39, 0.29) is 17.3 Å². The van der Waals surface area contributed by atoms with Gasteiger partial charge in [-0.2, -0.15) is 0 Å². The van der Waals surface area contributed by atoms with Gasteiger partial charge in [0.15, 0.2) is 5.69 Å². The van der Waals surface area contributed by atoms with Gasteiger partial charge >= 0.3 is 12.1 Å². The number of anilines is 1. The zero-order chi connectivity index (χ0) is 25.2. The number of aromatic amines is 1. The number of pyridine rings is 1. The maximum atomic E-state index is 12.7. The number of nitrogens with one attached hydrogen (secondary N) is 2. The first-order valence-corrected chi connectivity index (χ1v) is 11.3. The van der Waals surface area contributed by atoms with E-state index in [1.807, 2.05) is 0 Å². The summed E-state index contributed by atoms with van der Waals surface area (Å²) < 4.78 is 5.51. The minimum Gasteiger partial charge on any atom is -0.477 e. The fourth-order valence-electron chi connectivity index (χ4n) is 3.91. The molecule has 1 aliphatic heterocycles. The molecule has 0 saturated carbocycles. The average molecular weight is 478 g/mol. The molecule has 0 aliphatic carbocycles. The van der Waals surface area contributed by atoms with Crippen LogP contribution in [0.15, 0.2) is 48.7 Å². The van der Waals surface area contributed by atoms with Crippen LogP contribution in [0.5, 0.6) is 0 Å². The molecule has 182 valence electrons. The molecular weight excluding hydrogens is 450 g/mol. The largest absolute Gasteiger partial charge is 0.477 e. The minimum atomic E-state index is -1.17. The van der Waals surface area contributed by atoms with E-state index in [9.17, 15) is 19.5 Å². The highest BCUT2D eigenvalue weighted by Gasteiger charge is 2.36. The third-order valence-electron chi connectivity index (χ3n) is 5.46. The van der Waals surface area contributed by atoms with Crippen LogP contribution in [0.3, 0.4) is 0 Å². The molecule has 2 aromatic heterocycles. The second kappa shape index (κ2) is 9.57. The third-order valence-corrected chi connectivity index (χ3v) is 5.46. The zero-order valence-electron chi connectivity index (χ0n) is 19.7. The molecule has 1 unspecified atom stereocenters. The molecular formula is C25H27N5O5. The Morgan fingerprint density at radius 3 is 2.51 bits per heavy atom. The molecule has 10 heteroatoms. The summed E-state index contributed by atoms with van der Waals surface area (Å²) in [6.07, 6.45) is 2.51. The fraction of sp³-hybridized carbons (Fsp3) is 0.320. The molecule has 10 nitrogen and oxygen atoms in total. The van der Waals surface area contributed by atoms with E-state index >= 15 is 0 Å². The normalized spacial score (nSPS) is 15.6. The molecule has 1 atom stereocenters. The van der Waals surface area contributed by atoms with Crippen LogP contribution >= 0.6 is 0 Å². The number of carboxylic acid groups (broad SMARTS) is 1. The first-order chi connectivity index (χ1) is 16.6. The number of carbonyl (C=O) groups is 3. The number of aromatic nitrogens is 3. The minimum absolute atomic E-state index is 0.0817. The van der Waals surface area contributed by atoms with Crippen molar-refractivity contribution < 1.29 is 24.2 Å². The summed E-state index contributed by atoms with van der Waals surface area (Å²) in [6, 6.07) is 11.2. The predicted octanol–water partition coefficient (Wildman–Crippen LogP) is 4.49. The standard InChI is InChI=1S/C25H27N5O5/c1-25(2,3)35-24(34)30-14-6-7-17(30)21-28-19(20(29-21)23(32)33)15-9-11-16(12-10-15)22(31)27-18-8-4-5-13-26-18/h4-5,8-13,17H,6-7,14H2,1-3H3,(H,28,29)(H,32,33)(H,26,27,31). The quantitative estimate of drug-likeness (QED) is 0.492. The summed E-state index contributed by atoms with van der Waals surface area (Å²) in [4.78, 5) is 50.2. The number of carbonyl (C=O) groups excluding carboxylic acids is 2. The van der Waals surface area contributed by atoms with Crippen molar-refractivity contribution in [1.29, 1.82) is 0 Å². The van der Waals surface area contributed by atoms with Crippen LogP contribution < -0.4 is 5.32 Å². The highest BCUT2D eigenvalue weighted by molar-refractivity contribution is 6.04. The number of rotatable bonds is 5. The van der Waals surface area contributed by atoms with Crippen LogP contribution in [0.2, 0.25) is 0 Å². The van der Waals surface area contributed by atoms with Crippen molar-refractivity contribution >= 4 is 23.8 Å². The van der Waals surface area contributed by atoms with Gasteiger partial charge in [0.1, 0.15) is 22.9 Å². The molecule has 3 aromatic rings. The maximum absolute atomic E-state index is 12.7. The summed E-state index contributed by atoms with van der Waals surface area (Å²) in [6.45, 7) is 5.88. The van der Waals surface area contributed by atoms with Crippen molar-refractivity contribution in [1.82, 2.24) is 19.9 Å². The number of benzene rings is 1. The number of ether oxygens (including phenoxy) is 1. The van der Waals surface area contributed by atoms with Crippen molar-refractivity contribution in [3.8, 4) is 11.3 Å². The smallest absolute Gasteiger partial charge is 0.410 e. The molecule has 0 bridgehead atoms. The van der Waals surface area contributed by atoms with Crippen molar-refractivity contribution in [3.63, 3.8) is 0 Å². The Hall–Kier alpha value is -4.21. The third kappa shape index (κ3) is 5.48. The number of likely N-dealkylation sites (tertiary alicyclic amines) is 1. The number of imidazole rings is 1. The van der Waals surface area contributed by atoms with E-state index in [0.717, 1.165) is 6.42 Å². The Bertz CT molecular complexity index is 1230. The number of carboxylic acids is 1. The Balaban J connectivity index is 1.57. The Morgan fingerprint density at radius 2 is 1.89 bits per heavy atom. The molecule has 2 amide bonds. The lowest BCUT2D eigenvalue weighted by atomic mass is 10.1. The molecule has 1 aliphatic rings. The lowest BCUT2D eigenvalue weighted by molar-refractivity contribution is 0.0218. The molecule has 1 saturated heterocycles. The highest BCUT2D eigenvalue weighted by Crippen LogP contribution is 2.34. The summed E-state index contributed by atoms with van der Waals surface area (Å²) in [5.41, 5.74) is 0.428. The second-order valence-corrected chi connectivity index (χ2v) is 9.23. The molecule has 3 N–H and O–H groups in total. The van der Waals surface area contributed by atoms with Crippen LogP contribution in [0.25, 0.3) is 11.3 Å². The van der Waals surface area contributed by atoms with Gasteiger partial charge in [-0.1, -0.05) is 18.2 Å². The van der Waals surface area contributed by atoms with Crippen molar-refractivity contribution in [3.05, 3.63) is 65.7 Å². The van der Waals surface area contributed by atoms with Crippen molar-refractivity contribution in [2.45, 2.75) is 45.3 Å². The monoisotopic (exact) mass is 477 g/mol. The summed E-state index contributed by atoms with van der Waals surface area (Å²) in [7, 11) is 0. The van der Waals surface area contributed by atoms with Gasteiger partial charge < -0.3 is 20.1 Å². The number of nitrogens with zero attached hydrogens (tertiary/aromatic N) is 3. The highest BCUT2D eigenvalue weighted by atomic mass is 16.6. The van der Waals surface area contributed by atoms with E-state index in [2.05, 4.69) is 20.3 Å². The van der Waals surface area contributed by atoms with Gasteiger partial charge in [0.2, 0.25) is 0 Å². The molecule has 3 heterocycles. The molecule has 1 fully saturated rings. The lowest BCUT2D eigenvalue weighted by Gasteiger charge is -2.27. The summed E-state index contributed by atoms with van der Waals surface area (Å²) in [5, 5.41) is 12.5. The van der Waals surface area contributed by atoms with Crippen LogP contribution in [0.1, 0.15) is 66.3 Å². The summed E-state index contributed by atoms with van der Waals surface area (Å²) in [5.74, 6) is -0.691. The van der Waals surface area contributed by atoms with Crippen molar-refractivity contribution in [2.24, 2.45) is 0 Å². The Kier molecular flexibility index (Phi) is 6.54. The molecule has 0 spiro atoms. The Morgan fingerprint density at radius 1 is 1.14 bits per heavy atom.